The number of halogens is 1. The summed E-state index contributed by atoms with van der Waals surface area (Å²) in [4.78, 5) is 2.30. The largest absolute Gasteiger partial charge is 0.389 e. The summed E-state index contributed by atoms with van der Waals surface area (Å²) in [5, 5.41) is 13.4. The van der Waals surface area contributed by atoms with E-state index < -0.39 is 5.60 Å². The molecule has 2 unspecified atom stereocenters. The number of hydrogen-bond donors (Lipinski definition) is 2. The minimum absolute atomic E-state index is 0.151. The van der Waals surface area contributed by atoms with Crippen LogP contribution >= 0.6 is 0 Å². The molecule has 0 saturated carbocycles. The quantitative estimate of drug-likeness (QED) is 0.869. The fourth-order valence-corrected chi connectivity index (χ4v) is 3.03. The van der Waals surface area contributed by atoms with Gasteiger partial charge in [-0.3, -0.25) is 0 Å². The molecule has 2 rings (SSSR count). The van der Waals surface area contributed by atoms with Crippen LogP contribution in [-0.4, -0.2) is 42.3 Å². The van der Waals surface area contributed by atoms with Crippen LogP contribution in [-0.2, 0) is 0 Å². The summed E-state index contributed by atoms with van der Waals surface area (Å²) in [7, 11) is 1.90. The number of nitrogens with one attached hydrogen (secondary N) is 1. The van der Waals surface area contributed by atoms with E-state index in [0.717, 1.165) is 44.5 Å². The highest BCUT2D eigenvalue weighted by Crippen LogP contribution is 2.23. The molecule has 0 amide bonds. The third-order valence-electron chi connectivity index (χ3n) is 4.09. The van der Waals surface area contributed by atoms with Gasteiger partial charge in [0.2, 0.25) is 0 Å². The average Bonchev–Trinajstić information content (AvgIpc) is 2.38. The van der Waals surface area contributed by atoms with Gasteiger partial charge in [0.15, 0.2) is 0 Å². The zero-order valence-corrected chi connectivity index (χ0v) is 12.4. The van der Waals surface area contributed by atoms with E-state index in [1.165, 1.54) is 6.07 Å². The van der Waals surface area contributed by atoms with Crippen LogP contribution in [0.4, 0.5) is 4.39 Å². The van der Waals surface area contributed by atoms with Crippen LogP contribution in [0.15, 0.2) is 24.3 Å². The second kappa shape index (κ2) is 6.66. The maximum absolute atomic E-state index is 13.3. The molecule has 3 nitrogen and oxygen atoms in total. The van der Waals surface area contributed by atoms with Crippen molar-refractivity contribution in [1.82, 2.24) is 10.2 Å². The van der Waals surface area contributed by atoms with Gasteiger partial charge in [-0.25, -0.2) is 4.39 Å². The second-order valence-electron chi connectivity index (χ2n) is 6.06. The van der Waals surface area contributed by atoms with Gasteiger partial charge in [-0.15, -0.1) is 0 Å². The Hall–Kier alpha value is -0.970. The minimum Gasteiger partial charge on any atom is -0.389 e. The van der Waals surface area contributed by atoms with Crippen LogP contribution in [0.3, 0.4) is 0 Å². The van der Waals surface area contributed by atoms with E-state index in [1.807, 2.05) is 20.0 Å². The highest BCUT2D eigenvalue weighted by atomic mass is 19.1. The molecule has 1 heterocycles. The number of benzene rings is 1. The topological polar surface area (TPSA) is 35.5 Å². The number of aliphatic hydroxyl groups is 1. The summed E-state index contributed by atoms with van der Waals surface area (Å²) < 4.78 is 13.3. The molecule has 20 heavy (non-hydrogen) atoms. The van der Waals surface area contributed by atoms with Gasteiger partial charge in [0.1, 0.15) is 5.82 Å². The molecule has 0 bridgehead atoms. The molecule has 2 N–H and O–H groups in total. The molecule has 1 aromatic carbocycles. The highest BCUT2D eigenvalue weighted by molar-refractivity contribution is 5.20. The van der Waals surface area contributed by atoms with E-state index in [0.29, 0.717) is 0 Å². The van der Waals surface area contributed by atoms with Crippen molar-refractivity contribution in [2.75, 3.05) is 26.7 Å². The van der Waals surface area contributed by atoms with Gasteiger partial charge in [0.05, 0.1) is 5.60 Å². The van der Waals surface area contributed by atoms with Gasteiger partial charge >= 0.3 is 0 Å². The van der Waals surface area contributed by atoms with E-state index >= 15 is 0 Å². The predicted octanol–water partition coefficient (Wildman–Crippen LogP) is 2.32. The lowest BCUT2D eigenvalue weighted by molar-refractivity contribution is -0.0163. The van der Waals surface area contributed by atoms with E-state index in [2.05, 4.69) is 10.2 Å². The standard InChI is InChI=1S/C16H25FN2O/c1-16(20)8-4-9-19(12-16)10-7-15(18-2)13-5-3-6-14(17)11-13/h3,5-6,11,15,18,20H,4,7-10,12H2,1-2H3. The zero-order valence-electron chi connectivity index (χ0n) is 12.4. The predicted molar refractivity (Wildman–Crippen MR) is 79.1 cm³/mol. The number of nitrogens with zero attached hydrogens (tertiary/aromatic N) is 1. The maximum Gasteiger partial charge on any atom is 0.123 e. The van der Waals surface area contributed by atoms with Crippen LogP contribution in [0.2, 0.25) is 0 Å². The molecule has 0 radical (unpaired) electrons. The Bertz CT molecular complexity index is 436. The fourth-order valence-electron chi connectivity index (χ4n) is 3.03. The van der Waals surface area contributed by atoms with Gasteiger partial charge in [0.25, 0.3) is 0 Å². The Kier molecular flexibility index (Phi) is 5.13. The van der Waals surface area contributed by atoms with Crippen LogP contribution in [0.1, 0.15) is 37.8 Å². The zero-order chi connectivity index (χ0) is 14.6. The third kappa shape index (κ3) is 4.27. The second-order valence-corrected chi connectivity index (χ2v) is 6.06. The third-order valence-corrected chi connectivity index (χ3v) is 4.09. The number of likely N-dealkylation sites (tertiary alicyclic amines) is 1. The Morgan fingerprint density at radius 2 is 2.30 bits per heavy atom. The van der Waals surface area contributed by atoms with Crippen LogP contribution in [0.5, 0.6) is 0 Å². The first-order valence-corrected chi connectivity index (χ1v) is 7.38. The van der Waals surface area contributed by atoms with E-state index in [9.17, 15) is 9.50 Å². The number of piperidine rings is 1. The first-order valence-electron chi connectivity index (χ1n) is 7.38. The van der Waals surface area contributed by atoms with Gasteiger partial charge < -0.3 is 15.3 Å². The summed E-state index contributed by atoms with van der Waals surface area (Å²) >= 11 is 0. The molecule has 1 aliphatic rings. The summed E-state index contributed by atoms with van der Waals surface area (Å²) in [6.45, 7) is 4.59. The van der Waals surface area contributed by atoms with Crippen LogP contribution < -0.4 is 5.32 Å². The SMILES string of the molecule is CNC(CCN1CCCC(C)(O)C1)c1cccc(F)c1. The van der Waals surface area contributed by atoms with E-state index in [4.69, 9.17) is 0 Å². The Balaban J connectivity index is 1.91. The molecule has 0 aliphatic carbocycles. The summed E-state index contributed by atoms with van der Waals surface area (Å²) in [5.41, 5.74) is 0.419. The molecule has 112 valence electrons. The minimum atomic E-state index is -0.563. The van der Waals surface area contributed by atoms with Crippen molar-refractivity contribution in [3.8, 4) is 0 Å². The van der Waals surface area contributed by atoms with Gasteiger partial charge in [-0.2, -0.15) is 0 Å². The Morgan fingerprint density at radius 3 is 2.95 bits per heavy atom. The van der Waals surface area contributed by atoms with Crippen molar-refractivity contribution in [2.24, 2.45) is 0 Å². The molecule has 0 spiro atoms. The molecular weight excluding hydrogens is 255 g/mol. The maximum atomic E-state index is 13.3. The van der Waals surface area contributed by atoms with Crippen LogP contribution in [0.25, 0.3) is 0 Å². The van der Waals surface area contributed by atoms with Gasteiger partial charge in [-0.05, 0) is 57.5 Å². The lowest BCUT2D eigenvalue weighted by Gasteiger charge is -2.37. The van der Waals surface area contributed by atoms with Gasteiger partial charge in [-0.1, -0.05) is 12.1 Å². The first kappa shape index (κ1) is 15.4. The first-order chi connectivity index (χ1) is 9.50. The molecule has 1 aromatic rings. The molecule has 1 saturated heterocycles. The van der Waals surface area contributed by atoms with Crippen molar-refractivity contribution in [3.05, 3.63) is 35.6 Å². The lowest BCUT2D eigenvalue weighted by atomic mass is 9.94. The normalized spacial score (nSPS) is 25.6. The number of hydrogen-bond acceptors (Lipinski definition) is 3. The summed E-state index contributed by atoms with van der Waals surface area (Å²) in [6, 6.07) is 6.92. The van der Waals surface area contributed by atoms with Crippen molar-refractivity contribution < 1.29 is 9.50 Å². The summed E-state index contributed by atoms with van der Waals surface area (Å²) in [5.74, 6) is -0.191. The van der Waals surface area contributed by atoms with Crippen LogP contribution in [0, 0.1) is 5.82 Å². The van der Waals surface area contributed by atoms with Crippen molar-refractivity contribution in [1.29, 1.82) is 0 Å². The molecule has 2 atom stereocenters. The van der Waals surface area contributed by atoms with Crippen molar-refractivity contribution in [3.63, 3.8) is 0 Å². The lowest BCUT2D eigenvalue weighted by Crippen LogP contribution is -2.46. The van der Waals surface area contributed by atoms with Crippen molar-refractivity contribution >= 4 is 0 Å². The smallest absolute Gasteiger partial charge is 0.123 e. The highest BCUT2D eigenvalue weighted by Gasteiger charge is 2.28. The molecule has 1 aliphatic heterocycles. The Labute approximate surface area is 120 Å². The molecule has 0 aromatic heterocycles. The van der Waals surface area contributed by atoms with Gasteiger partial charge in [0, 0.05) is 19.1 Å². The number of β-amino-alcohol motifs (C(OH)–C–C–N with tert-alkyl or cyclic N) is 1. The fraction of sp³-hybridized carbons (Fsp3) is 0.625. The average molecular weight is 280 g/mol. The Morgan fingerprint density at radius 1 is 1.50 bits per heavy atom. The molecule has 4 heteroatoms. The van der Waals surface area contributed by atoms with E-state index in [1.54, 1.807) is 12.1 Å². The van der Waals surface area contributed by atoms with E-state index in [-0.39, 0.29) is 11.9 Å². The summed E-state index contributed by atoms with van der Waals surface area (Å²) in [6.07, 6.45) is 2.83. The van der Waals surface area contributed by atoms with Crippen molar-refractivity contribution in [2.45, 2.75) is 37.8 Å². The number of rotatable bonds is 5. The molecule has 1 fully saturated rings. The monoisotopic (exact) mass is 280 g/mol. The molecular formula is C16H25FN2O.